The number of aromatic amines is 1. The molecule has 1 saturated heterocycles. The molecule has 1 aliphatic rings. The number of aliphatic hydroxyl groups is 1. The van der Waals surface area contributed by atoms with Crippen LogP contribution in [0.4, 0.5) is 19.0 Å². The fourth-order valence-electron chi connectivity index (χ4n) is 3.49. The van der Waals surface area contributed by atoms with Gasteiger partial charge in [0.15, 0.2) is 17.0 Å². The average Bonchev–Trinajstić information content (AvgIpc) is 3.33. The molecule has 3 aromatic rings. The lowest BCUT2D eigenvalue weighted by Crippen LogP contribution is -2.23. The molecule has 1 fully saturated rings. The highest BCUT2D eigenvalue weighted by Crippen LogP contribution is 2.33. The molecule has 4 heterocycles. The molecule has 2 N–H and O–H groups in total. The molecule has 11 heteroatoms. The number of fused-ring (bicyclic) bond motifs is 1. The molecule has 1 aliphatic heterocycles. The van der Waals surface area contributed by atoms with E-state index in [1.165, 1.54) is 18.9 Å². The predicted octanol–water partition coefficient (Wildman–Crippen LogP) is 2.06. The number of hydrogen-bond acceptors (Lipinski definition) is 6. The van der Waals surface area contributed by atoms with E-state index in [1.54, 1.807) is 10.9 Å². The lowest BCUT2D eigenvalue weighted by atomic mass is 10.1. The van der Waals surface area contributed by atoms with Crippen LogP contribution in [-0.2, 0) is 6.54 Å². The van der Waals surface area contributed by atoms with Gasteiger partial charge in [-0.3, -0.25) is 0 Å². The predicted molar refractivity (Wildman–Crippen MR) is 89.9 cm³/mol. The summed E-state index contributed by atoms with van der Waals surface area (Å²) in [6, 6.07) is 0. The van der Waals surface area contributed by atoms with Crippen LogP contribution in [0, 0.1) is 5.92 Å². The Morgan fingerprint density at radius 3 is 2.89 bits per heavy atom. The van der Waals surface area contributed by atoms with Crippen LogP contribution in [0.3, 0.4) is 0 Å². The number of alkyl halides is 3. The Morgan fingerprint density at radius 1 is 1.30 bits per heavy atom. The standard InChI is InChI=1S/C16H18F3N7O/c17-16(18,19)3-10-1-2-25(5-10)14-13-15(23-8-22-14)26(9-24-13)6-12(27)11-4-20-7-21-11/h4,7-10,12,27H,1-3,5-6H2,(H,20,21). The van der Waals surface area contributed by atoms with Crippen molar-refractivity contribution in [3.63, 3.8) is 0 Å². The summed E-state index contributed by atoms with van der Waals surface area (Å²) >= 11 is 0. The molecular weight excluding hydrogens is 363 g/mol. The molecule has 0 bridgehead atoms. The number of halogens is 3. The van der Waals surface area contributed by atoms with Crippen LogP contribution in [0.5, 0.6) is 0 Å². The summed E-state index contributed by atoms with van der Waals surface area (Å²) in [5.74, 6) is 0.0822. The van der Waals surface area contributed by atoms with E-state index in [4.69, 9.17) is 0 Å². The molecule has 2 unspecified atom stereocenters. The molecule has 0 saturated carbocycles. The van der Waals surface area contributed by atoms with Gasteiger partial charge in [0.1, 0.15) is 12.4 Å². The topological polar surface area (TPSA) is 95.8 Å². The Kier molecular flexibility index (Phi) is 4.46. The van der Waals surface area contributed by atoms with Gasteiger partial charge in [0.2, 0.25) is 0 Å². The zero-order valence-electron chi connectivity index (χ0n) is 14.3. The van der Waals surface area contributed by atoms with Gasteiger partial charge >= 0.3 is 6.18 Å². The normalized spacial score (nSPS) is 19.1. The first kappa shape index (κ1) is 17.7. The number of H-pyrrole nitrogens is 1. The molecule has 2 atom stereocenters. The Hall–Kier alpha value is -2.69. The molecular formula is C16H18F3N7O. The summed E-state index contributed by atoms with van der Waals surface area (Å²) in [6.45, 7) is 0.998. The number of hydrogen-bond donors (Lipinski definition) is 2. The van der Waals surface area contributed by atoms with Crippen LogP contribution in [0.2, 0.25) is 0 Å². The number of nitrogens with one attached hydrogen (secondary N) is 1. The third-order valence-corrected chi connectivity index (χ3v) is 4.74. The van der Waals surface area contributed by atoms with E-state index in [0.29, 0.717) is 35.6 Å². The van der Waals surface area contributed by atoms with Gasteiger partial charge in [0.25, 0.3) is 0 Å². The van der Waals surface area contributed by atoms with Crippen molar-refractivity contribution in [1.82, 2.24) is 29.5 Å². The fraction of sp³-hybridized carbons (Fsp3) is 0.500. The molecule has 4 rings (SSSR count). The summed E-state index contributed by atoms with van der Waals surface area (Å²) in [5, 5.41) is 10.3. The Labute approximate surface area is 152 Å². The molecule has 0 spiro atoms. The van der Waals surface area contributed by atoms with E-state index >= 15 is 0 Å². The van der Waals surface area contributed by atoms with Gasteiger partial charge in [0, 0.05) is 19.5 Å². The maximum atomic E-state index is 12.6. The van der Waals surface area contributed by atoms with Crippen molar-refractivity contribution in [2.75, 3.05) is 18.0 Å². The Bertz CT molecular complexity index is 909. The molecule has 0 radical (unpaired) electrons. The van der Waals surface area contributed by atoms with Crippen molar-refractivity contribution in [1.29, 1.82) is 0 Å². The summed E-state index contributed by atoms with van der Waals surface area (Å²) in [5.41, 5.74) is 1.61. The second-order valence-corrected chi connectivity index (χ2v) is 6.71. The second kappa shape index (κ2) is 6.80. The van der Waals surface area contributed by atoms with Gasteiger partial charge in [-0.15, -0.1) is 0 Å². The van der Waals surface area contributed by atoms with Crippen molar-refractivity contribution >= 4 is 17.0 Å². The number of aromatic nitrogens is 6. The second-order valence-electron chi connectivity index (χ2n) is 6.71. The van der Waals surface area contributed by atoms with Crippen LogP contribution in [0.25, 0.3) is 11.2 Å². The first-order chi connectivity index (χ1) is 12.9. The SMILES string of the molecule is OC(Cn1cnc2c(N3CCC(CC(F)(F)F)C3)ncnc21)c1cnc[nH]1. The van der Waals surface area contributed by atoms with E-state index in [2.05, 4.69) is 24.9 Å². The highest BCUT2D eigenvalue weighted by molar-refractivity contribution is 5.83. The zero-order valence-corrected chi connectivity index (χ0v) is 14.3. The van der Waals surface area contributed by atoms with Crippen molar-refractivity contribution in [2.45, 2.75) is 31.7 Å². The lowest BCUT2D eigenvalue weighted by molar-refractivity contribution is -0.142. The smallest absolute Gasteiger partial charge is 0.385 e. The van der Waals surface area contributed by atoms with Gasteiger partial charge in [-0.25, -0.2) is 19.9 Å². The minimum Gasteiger partial charge on any atom is -0.385 e. The van der Waals surface area contributed by atoms with Crippen LogP contribution >= 0.6 is 0 Å². The molecule has 144 valence electrons. The molecule has 0 aliphatic carbocycles. The van der Waals surface area contributed by atoms with Crippen LogP contribution in [0.15, 0.2) is 25.2 Å². The van der Waals surface area contributed by atoms with Gasteiger partial charge in [-0.2, -0.15) is 13.2 Å². The first-order valence-corrected chi connectivity index (χ1v) is 8.54. The monoisotopic (exact) mass is 381 g/mol. The highest BCUT2D eigenvalue weighted by Gasteiger charge is 2.36. The zero-order chi connectivity index (χ0) is 19.0. The van der Waals surface area contributed by atoms with Crippen molar-refractivity contribution in [3.8, 4) is 0 Å². The van der Waals surface area contributed by atoms with Crippen LogP contribution in [-0.4, -0.2) is 53.9 Å². The third-order valence-electron chi connectivity index (χ3n) is 4.74. The largest absolute Gasteiger partial charge is 0.389 e. The van der Waals surface area contributed by atoms with Crippen molar-refractivity contribution in [2.24, 2.45) is 5.92 Å². The van der Waals surface area contributed by atoms with E-state index < -0.39 is 24.6 Å². The van der Waals surface area contributed by atoms with Gasteiger partial charge < -0.3 is 19.6 Å². The summed E-state index contributed by atoms with van der Waals surface area (Å²) in [6.07, 6.45) is 0.636. The van der Waals surface area contributed by atoms with E-state index in [0.717, 1.165) is 0 Å². The molecule has 3 aromatic heterocycles. The molecule has 8 nitrogen and oxygen atoms in total. The maximum Gasteiger partial charge on any atom is 0.389 e. The van der Waals surface area contributed by atoms with Gasteiger partial charge in [-0.05, 0) is 12.3 Å². The summed E-state index contributed by atoms with van der Waals surface area (Å²) < 4.78 is 39.6. The minimum atomic E-state index is -4.16. The minimum absolute atomic E-state index is 0.214. The quantitative estimate of drug-likeness (QED) is 0.702. The molecule has 0 amide bonds. The number of anilines is 1. The van der Waals surface area contributed by atoms with E-state index in [1.807, 2.05) is 4.90 Å². The van der Waals surface area contributed by atoms with E-state index in [-0.39, 0.29) is 13.1 Å². The van der Waals surface area contributed by atoms with Crippen LogP contribution < -0.4 is 4.90 Å². The molecule has 27 heavy (non-hydrogen) atoms. The average molecular weight is 381 g/mol. The van der Waals surface area contributed by atoms with E-state index in [9.17, 15) is 18.3 Å². The Morgan fingerprint density at radius 2 is 2.15 bits per heavy atom. The number of imidazole rings is 2. The maximum absolute atomic E-state index is 12.6. The molecule has 0 aromatic carbocycles. The first-order valence-electron chi connectivity index (χ1n) is 8.54. The van der Waals surface area contributed by atoms with Crippen molar-refractivity contribution in [3.05, 3.63) is 30.9 Å². The highest BCUT2D eigenvalue weighted by atomic mass is 19.4. The third kappa shape index (κ3) is 3.72. The fourth-order valence-corrected chi connectivity index (χ4v) is 3.49. The summed E-state index contributed by atoms with van der Waals surface area (Å²) in [4.78, 5) is 21.4. The van der Waals surface area contributed by atoms with Crippen molar-refractivity contribution < 1.29 is 18.3 Å². The number of nitrogens with zero attached hydrogens (tertiary/aromatic N) is 6. The summed E-state index contributed by atoms with van der Waals surface area (Å²) in [7, 11) is 0. The van der Waals surface area contributed by atoms with Gasteiger partial charge in [0.05, 0.1) is 31.1 Å². The Balaban J connectivity index is 1.54. The number of aliphatic hydroxyl groups excluding tert-OH is 1. The van der Waals surface area contributed by atoms with Gasteiger partial charge in [-0.1, -0.05) is 0 Å². The van der Waals surface area contributed by atoms with Crippen LogP contribution in [0.1, 0.15) is 24.6 Å². The number of rotatable bonds is 5. The lowest BCUT2D eigenvalue weighted by Gasteiger charge is -2.18.